The van der Waals surface area contributed by atoms with Crippen molar-refractivity contribution < 1.29 is 0 Å². The molecule has 0 saturated heterocycles. The highest BCUT2D eigenvalue weighted by atomic mass is 16.1. The number of hydrogen-bond donors (Lipinski definition) is 0. The predicted molar refractivity (Wildman–Crippen MR) is 284 cm³/mol. The van der Waals surface area contributed by atoms with Gasteiger partial charge in [-0.25, -0.2) is 9.97 Å². The molecule has 18 aromatic rings. The predicted octanol–water partition coefficient (Wildman–Crippen LogP) is 14.8. The van der Waals surface area contributed by atoms with Crippen molar-refractivity contribution in [1.82, 2.24) is 18.8 Å². The second kappa shape index (κ2) is 11.2. The summed E-state index contributed by atoms with van der Waals surface area (Å²) in [7, 11) is 0. The van der Waals surface area contributed by atoms with Crippen molar-refractivity contribution in [2.45, 2.75) is 0 Å². The van der Waals surface area contributed by atoms with Gasteiger partial charge >= 0.3 is 0 Å². The number of aromatic nitrogens is 4. The van der Waals surface area contributed by atoms with E-state index in [9.17, 15) is 4.79 Å². The number of pyridine rings is 2. The lowest BCUT2D eigenvalue weighted by Crippen LogP contribution is -2.17. The van der Waals surface area contributed by atoms with E-state index in [0.29, 0.717) is 22.1 Å². The third kappa shape index (κ3) is 3.68. The summed E-state index contributed by atoms with van der Waals surface area (Å²) in [6.45, 7) is 0. The Balaban J connectivity index is 0.971. The maximum Gasteiger partial charge on any atom is 0.264 e. The van der Waals surface area contributed by atoms with E-state index in [0.717, 1.165) is 141 Å². The molecule has 0 radical (unpaired) electrons. The van der Waals surface area contributed by atoms with Crippen LogP contribution in [0.15, 0.2) is 179 Å². The molecule has 0 saturated carbocycles. The second-order valence-corrected chi connectivity index (χ2v) is 19.0. The minimum absolute atomic E-state index is 0.0600. The Bertz CT molecular complexity index is 5350. The molecule has 0 N–H and O–H groups in total. The second-order valence-electron chi connectivity index (χ2n) is 19.0. The van der Waals surface area contributed by atoms with E-state index >= 15 is 4.79 Å². The van der Waals surface area contributed by atoms with Crippen LogP contribution in [0.3, 0.4) is 0 Å². The molecular weight excluding hydrogens is 833 g/mol. The van der Waals surface area contributed by atoms with Gasteiger partial charge in [0.25, 0.3) is 11.1 Å². The maximum absolute atomic E-state index is 15.2. The Morgan fingerprint density at radius 2 is 0.706 bits per heavy atom. The molecule has 6 heteroatoms. The normalized spacial score (nSPS) is 13.1. The van der Waals surface area contributed by atoms with Crippen molar-refractivity contribution in [3.05, 3.63) is 191 Å². The van der Waals surface area contributed by atoms with Gasteiger partial charge in [-0.2, -0.15) is 0 Å². The van der Waals surface area contributed by atoms with Crippen LogP contribution < -0.4 is 11.1 Å². The fourth-order valence-electron chi connectivity index (χ4n) is 13.3. The van der Waals surface area contributed by atoms with Gasteiger partial charge in [-0.3, -0.25) is 18.4 Å². The topological polar surface area (TPSA) is 68.7 Å². The largest absolute Gasteiger partial charge is 0.268 e. The average molecular weight is 861 g/mol. The summed E-state index contributed by atoms with van der Waals surface area (Å²) in [6, 6.07) is 60.0. The Morgan fingerprint density at radius 1 is 0.294 bits per heavy atom. The van der Waals surface area contributed by atoms with Crippen molar-refractivity contribution in [2.75, 3.05) is 0 Å². The first-order valence-electron chi connectivity index (χ1n) is 23.2. The molecule has 6 nitrogen and oxygen atoms in total. The number of benzene rings is 14. The van der Waals surface area contributed by atoms with Crippen LogP contribution in [0.2, 0.25) is 0 Å². The molecule has 0 aliphatic rings. The molecule has 14 aromatic carbocycles. The lowest BCUT2D eigenvalue weighted by molar-refractivity contribution is 1.15. The van der Waals surface area contributed by atoms with Crippen molar-refractivity contribution in [3.8, 4) is 0 Å². The Kier molecular flexibility index (Phi) is 5.63. The molecule has 308 valence electrons. The zero-order valence-electron chi connectivity index (χ0n) is 35.8. The van der Waals surface area contributed by atoms with E-state index < -0.39 is 0 Å². The lowest BCUT2D eigenvalue weighted by Gasteiger charge is -2.22. The summed E-state index contributed by atoms with van der Waals surface area (Å²) >= 11 is 0. The van der Waals surface area contributed by atoms with Crippen molar-refractivity contribution in [1.29, 1.82) is 0 Å². The average Bonchev–Trinajstić information content (AvgIpc) is 3.38. The molecule has 0 aliphatic heterocycles. The molecule has 68 heavy (non-hydrogen) atoms. The number of rotatable bonds is 0. The number of hydrogen-bond acceptors (Lipinski definition) is 4. The first kappa shape index (κ1) is 34.1. The first-order valence-corrected chi connectivity index (χ1v) is 23.2. The minimum atomic E-state index is -0.0608. The summed E-state index contributed by atoms with van der Waals surface area (Å²) in [6.07, 6.45) is 0. The maximum atomic E-state index is 15.2. The van der Waals surface area contributed by atoms with Crippen molar-refractivity contribution in [3.63, 3.8) is 0 Å². The van der Waals surface area contributed by atoms with E-state index in [1.54, 1.807) is 0 Å². The fraction of sp³-hybridized carbons (Fsp3) is 0. The molecule has 4 aromatic heterocycles. The van der Waals surface area contributed by atoms with Gasteiger partial charge < -0.3 is 0 Å². The Hall–Kier alpha value is -9.26. The smallest absolute Gasteiger partial charge is 0.264 e. The van der Waals surface area contributed by atoms with Crippen LogP contribution in [-0.4, -0.2) is 18.8 Å². The van der Waals surface area contributed by atoms with Crippen LogP contribution in [0.25, 0.3) is 173 Å². The molecule has 0 unspecified atom stereocenters. The van der Waals surface area contributed by atoms with Crippen molar-refractivity contribution in [2.24, 2.45) is 0 Å². The zero-order valence-corrected chi connectivity index (χ0v) is 35.8. The SMILES string of the molecule is O=c1c2ccc3c4ccc5c6ccc7c8c(ccc(c9ccc(c%10ccc(c2c%103)c2nc3c%10ccccc%10cc%10cccc(c%103)n12)c4c95)c68)c(=O)n1c7nc2cccc3cc4ccccc4c1c32. The zero-order chi connectivity index (χ0) is 44.0. The van der Waals surface area contributed by atoms with Gasteiger partial charge in [0.15, 0.2) is 0 Å². The molecule has 0 fully saturated rings. The lowest BCUT2D eigenvalue weighted by atomic mass is 9.82. The molecule has 0 spiro atoms. The van der Waals surface area contributed by atoms with Crippen LogP contribution in [0.5, 0.6) is 0 Å². The highest BCUT2D eigenvalue weighted by Gasteiger charge is 2.26. The van der Waals surface area contributed by atoms with Crippen LogP contribution >= 0.6 is 0 Å². The minimum Gasteiger partial charge on any atom is -0.268 e. The monoisotopic (exact) mass is 860 g/mol. The molecule has 0 amide bonds. The van der Waals surface area contributed by atoms with E-state index in [4.69, 9.17) is 9.97 Å². The van der Waals surface area contributed by atoms with Gasteiger partial charge in [-0.05, 0) is 135 Å². The van der Waals surface area contributed by atoms with E-state index in [-0.39, 0.29) is 11.1 Å². The molecular formula is C62H28N4O2. The van der Waals surface area contributed by atoms with Gasteiger partial charge in [0.05, 0.1) is 22.1 Å². The third-order valence-electron chi connectivity index (χ3n) is 16.0. The van der Waals surface area contributed by atoms with Gasteiger partial charge in [-0.1, -0.05) is 121 Å². The summed E-state index contributed by atoms with van der Waals surface area (Å²) in [4.78, 5) is 40.9. The van der Waals surface area contributed by atoms with Crippen LogP contribution in [0, 0.1) is 0 Å². The summed E-state index contributed by atoms with van der Waals surface area (Å²) < 4.78 is 3.72. The van der Waals surface area contributed by atoms with Crippen molar-refractivity contribution >= 4 is 173 Å². The molecule has 0 atom stereocenters. The van der Waals surface area contributed by atoms with E-state index in [2.05, 4.69) is 146 Å². The summed E-state index contributed by atoms with van der Waals surface area (Å²) in [5.41, 5.74) is 4.78. The first-order chi connectivity index (χ1) is 33.6. The molecule has 0 bridgehead atoms. The number of fused-ring (bicyclic) bond motifs is 14. The molecule has 18 rings (SSSR count). The van der Waals surface area contributed by atoms with Gasteiger partial charge in [0.2, 0.25) is 0 Å². The fourth-order valence-corrected chi connectivity index (χ4v) is 13.3. The van der Waals surface area contributed by atoms with Crippen LogP contribution in [-0.2, 0) is 0 Å². The van der Waals surface area contributed by atoms with Gasteiger partial charge in [0, 0.05) is 53.9 Å². The highest BCUT2D eigenvalue weighted by Crippen LogP contribution is 2.50. The molecule has 4 heterocycles. The van der Waals surface area contributed by atoms with E-state index in [1.165, 1.54) is 10.8 Å². The standard InChI is InChI=1S/C62H28N4O2/c67-61-45-25-21-41-37-17-15-35-39-19-23-43-55-46(62(68)66-58-34-12-4-2-8-30(34)28-31-9-5-13-47(49(31)58)63-59(43)66)26-22-42(53(39)55)38-18-16-36(52(37)51(35)38)40-20-24-44(56(45)54(40)41)60-64-57-33-11-3-1-7-29(33)27-32-10-6-14-48(50(32)57)65(60)61/h1-28H. The number of nitrogens with zero attached hydrogens (tertiary/aromatic N) is 4. The highest BCUT2D eigenvalue weighted by molar-refractivity contribution is 6.45. The quantitative estimate of drug-likeness (QED) is 0.112. The Labute approximate surface area is 381 Å². The van der Waals surface area contributed by atoms with Crippen LogP contribution in [0.1, 0.15) is 0 Å². The summed E-state index contributed by atoms with van der Waals surface area (Å²) in [5, 5.41) is 27.3. The summed E-state index contributed by atoms with van der Waals surface area (Å²) in [5.74, 6) is 0. The third-order valence-corrected chi connectivity index (χ3v) is 16.0. The van der Waals surface area contributed by atoms with Crippen LogP contribution in [0.4, 0.5) is 0 Å². The molecule has 0 aliphatic carbocycles. The Morgan fingerprint density at radius 3 is 1.28 bits per heavy atom. The van der Waals surface area contributed by atoms with Gasteiger partial charge in [0.1, 0.15) is 11.3 Å². The van der Waals surface area contributed by atoms with Gasteiger partial charge in [-0.15, -0.1) is 0 Å². The van der Waals surface area contributed by atoms with E-state index in [1.807, 2.05) is 33.1 Å².